The number of hydrogen-bond donors (Lipinski definition) is 2. The first-order chi connectivity index (χ1) is 8.15. The molecule has 0 fully saturated rings. The first-order valence-electron chi connectivity index (χ1n) is 6.44. The quantitative estimate of drug-likeness (QED) is 0.651. The Hall–Kier alpha value is -0.520. The van der Waals surface area contributed by atoms with Gasteiger partial charge in [-0.25, -0.2) is 0 Å². The molecule has 0 aromatic carbocycles. The lowest BCUT2D eigenvalue weighted by atomic mass is 9.86. The van der Waals surface area contributed by atoms with Crippen LogP contribution in [-0.2, 0) is 5.41 Å². The molecule has 104 valence electrons. The molecular weight excluding hydrogens is 244 g/mol. The van der Waals surface area contributed by atoms with E-state index in [1.54, 1.807) is 0 Å². The fourth-order valence-electron chi connectivity index (χ4n) is 1.81. The van der Waals surface area contributed by atoms with Crippen molar-refractivity contribution in [2.24, 2.45) is 11.3 Å². The van der Waals surface area contributed by atoms with Crippen LogP contribution in [0.15, 0.2) is 0 Å². The van der Waals surface area contributed by atoms with Gasteiger partial charge < -0.3 is 0 Å². The van der Waals surface area contributed by atoms with Gasteiger partial charge in [-0.05, 0) is 29.8 Å². The van der Waals surface area contributed by atoms with Crippen molar-refractivity contribution < 1.29 is 0 Å². The third kappa shape index (κ3) is 4.30. The highest BCUT2D eigenvalue weighted by Gasteiger charge is 2.27. The first-order valence-corrected chi connectivity index (χ1v) is 7.21. The van der Waals surface area contributed by atoms with E-state index in [-0.39, 0.29) is 11.5 Å². The Kier molecular flexibility index (Phi) is 4.86. The number of nitrogens with zero attached hydrogens (tertiary/aromatic N) is 2. The monoisotopic (exact) mass is 270 g/mol. The lowest BCUT2D eigenvalue weighted by molar-refractivity contribution is 0.333. The number of hydrogen-bond acceptors (Lipinski definition) is 5. The highest BCUT2D eigenvalue weighted by Crippen LogP contribution is 2.34. The van der Waals surface area contributed by atoms with Crippen molar-refractivity contribution in [3.05, 3.63) is 10.6 Å². The minimum absolute atomic E-state index is 0.0131. The molecule has 0 radical (unpaired) electrons. The second-order valence-electron chi connectivity index (χ2n) is 7.05. The van der Waals surface area contributed by atoms with Crippen molar-refractivity contribution in [3.8, 4) is 0 Å². The SMILES string of the molecule is CC(C)(C)CCC(NN)c1snnc1C(C)(C)C. The molecule has 1 aromatic heterocycles. The van der Waals surface area contributed by atoms with Crippen LogP contribution >= 0.6 is 11.5 Å². The van der Waals surface area contributed by atoms with Crippen molar-refractivity contribution in [2.45, 2.75) is 65.8 Å². The second-order valence-corrected chi connectivity index (χ2v) is 7.84. The summed E-state index contributed by atoms with van der Waals surface area (Å²) in [7, 11) is 0. The van der Waals surface area contributed by atoms with Crippen LogP contribution in [0.25, 0.3) is 0 Å². The van der Waals surface area contributed by atoms with Crippen LogP contribution in [0.4, 0.5) is 0 Å². The molecule has 0 bridgehead atoms. The van der Waals surface area contributed by atoms with E-state index >= 15 is 0 Å². The van der Waals surface area contributed by atoms with Crippen LogP contribution in [0.5, 0.6) is 0 Å². The van der Waals surface area contributed by atoms with Gasteiger partial charge in [0.1, 0.15) is 0 Å². The molecule has 0 saturated carbocycles. The maximum atomic E-state index is 5.71. The van der Waals surface area contributed by atoms with Gasteiger partial charge in [-0.1, -0.05) is 46.0 Å². The molecule has 1 aromatic rings. The summed E-state index contributed by atoms with van der Waals surface area (Å²) in [5.74, 6) is 5.71. The normalized spacial score (nSPS) is 14.8. The van der Waals surface area contributed by atoms with Gasteiger partial charge in [0.15, 0.2) is 0 Å². The smallest absolute Gasteiger partial charge is 0.0857 e. The van der Waals surface area contributed by atoms with Gasteiger partial charge in [0.2, 0.25) is 0 Å². The standard InChI is InChI=1S/C13H26N4S/c1-12(2,3)8-7-9(15-14)10-11(13(4,5)6)16-17-18-10/h9,15H,7-8,14H2,1-6H3. The topological polar surface area (TPSA) is 63.8 Å². The van der Waals surface area contributed by atoms with E-state index in [1.807, 2.05) is 0 Å². The second kappa shape index (κ2) is 5.63. The van der Waals surface area contributed by atoms with Gasteiger partial charge in [0, 0.05) is 5.41 Å². The summed E-state index contributed by atoms with van der Waals surface area (Å²) in [6.07, 6.45) is 2.12. The molecule has 0 aliphatic heterocycles. The first kappa shape index (κ1) is 15.5. The van der Waals surface area contributed by atoms with Crippen LogP contribution in [-0.4, -0.2) is 9.59 Å². The van der Waals surface area contributed by atoms with Crippen LogP contribution in [0.2, 0.25) is 0 Å². The molecule has 1 heterocycles. The van der Waals surface area contributed by atoms with Gasteiger partial charge in [-0.3, -0.25) is 11.3 Å². The average molecular weight is 270 g/mol. The molecule has 5 heteroatoms. The highest BCUT2D eigenvalue weighted by atomic mass is 32.1. The number of nitrogens with two attached hydrogens (primary N) is 1. The molecule has 3 N–H and O–H groups in total. The van der Waals surface area contributed by atoms with Crippen LogP contribution < -0.4 is 11.3 Å². The third-order valence-corrected chi connectivity index (χ3v) is 3.76. The Morgan fingerprint density at radius 1 is 1.22 bits per heavy atom. The molecule has 0 amide bonds. The van der Waals surface area contributed by atoms with Gasteiger partial charge in [-0.2, -0.15) is 0 Å². The van der Waals surface area contributed by atoms with E-state index in [2.05, 4.69) is 56.6 Å². The summed E-state index contributed by atoms with van der Waals surface area (Å²) in [6, 6.07) is 0.151. The van der Waals surface area contributed by atoms with Crippen LogP contribution in [0.3, 0.4) is 0 Å². The molecule has 18 heavy (non-hydrogen) atoms. The summed E-state index contributed by atoms with van der Waals surface area (Å²) in [4.78, 5) is 1.18. The predicted octanol–water partition coefficient (Wildman–Crippen LogP) is 3.17. The number of rotatable bonds is 4. The summed E-state index contributed by atoms with van der Waals surface area (Å²) in [6.45, 7) is 13.2. The summed E-state index contributed by atoms with van der Waals surface area (Å²) < 4.78 is 4.10. The molecule has 4 nitrogen and oxygen atoms in total. The van der Waals surface area contributed by atoms with Gasteiger partial charge in [-0.15, -0.1) is 5.10 Å². The minimum atomic E-state index is 0.0131. The summed E-state index contributed by atoms with van der Waals surface area (Å²) in [5, 5.41) is 4.27. The van der Waals surface area contributed by atoms with Crippen molar-refractivity contribution in [2.75, 3.05) is 0 Å². The van der Waals surface area contributed by atoms with Gasteiger partial charge in [0.05, 0.1) is 16.6 Å². The van der Waals surface area contributed by atoms with Crippen molar-refractivity contribution in [3.63, 3.8) is 0 Å². The lowest BCUT2D eigenvalue weighted by Gasteiger charge is -2.24. The Bertz CT molecular complexity index is 373. The Morgan fingerprint density at radius 2 is 1.83 bits per heavy atom. The van der Waals surface area contributed by atoms with Crippen molar-refractivity contribution >= 4 is 11.5 Å². The van der Waals surface area contributed by atoms with Crippen molar-refractivity contribution in [1.29, 1.82) is 0 Å². The lowest BCUT2D eigenvalue weighted by Crippen LogP contribution is -2.30. The zero-order valence-corrected chi connectivity index (χ0v) is 13.2. The van der Waals surface area contributed by atoms with Crippen molar-refractivity contribution in [1.82, 2.24) is 15.0 Å². The fourth-order valence-corrected chi connectivity index (χ4v) is 2.77. The average Bonchev–Trinajstić information content (AvgIpc) is 2.65. The van der Waals surface area contributed by atoms with Crippen LogP contribution in [0.1, 0.15) is 71.0 Å². The minimum Gasteiger partial charge on any atom is -0.271 e. The number of nitrogens with one attached hydrogen (secondary N) is 1. The zero-order chi connectivity index (χ0) is 14.0. The summed E-state index contributed by atoms with van der Waals surface area (Å²) >= 11 is 1.46. The van der Waals surface area contributed by atoms with Crippen LogP contribution in [0, 0.1) is 5.41 Å². The van der Waals surface area contributed by atoms with E-state index in [0.29, 0.717) is 5.41 Å². The molecule has 1 unspecified atom stereocenters. The van der Waals surface area contributed by atoms with E-state index in [9.17, 15) is 0 Å². The number of hydrazine groups is 1. The maximum Gasteiger partial charge on any atom is 0.0857 e. The Balaban J connectivity index is 2.86. The fraction of sp³-hybridized carbons (Fsp3) is 0.846. The largest absolute Gasteiger partial charge is 0.271 e. The predicted molar refractivity (Wildman–Crippen MR) is 77.4 cm³/mol. The van der Waals surface area contributed by atoms with E-state index in [1.165, 1.54) is 16.4 Å². The molecule has 0 aliphatic rings. The van der Waals surface area contributed by atoms with Gasteiger partial charge >= 0.3 is 0 Å². The Labute approximate surface area is 114 Å². The third-order valence-electron chi connectivity index (χ3n) is 2.92. The summed E-state index contributed by atoms with van der Waals surface area (Å²) in [5.41, 5.74) is 4.31. The maximum absolute atomic E-state index is 5.71. The van der Waals surface area contributed by atoms with E-state index in [4.69, 9.17) is 5.84 Å². The van der Waals surface area contributed by atoms with E-state index in [0.717, 1.165) is 18.5 Å². The molecule has 0 aliphatic carbocycles. The number of aromatic nitrogens is 2. The highest BCUT2D eigenvalue weighted by molar-refractivity contribution is 7.05. The molecule has 0 saturated heterocycles. The molecule has 1 rings (SSSR count). The molecule has 0 spiro atoms. The van der Waals surface area contributed by atoms with Gasteiger partial charge in [0.25, 0.3) is 0 Å². The molecule has 1 atom stereocenters. The molecular formula is C13H26N4S. The zero-order valence-electron chi connectivity index (χ0n) is 12.4. The Morgan fingerprint density at radius 3 is 2.28 bits per heavy atom. The van der Waals surface area contributed by atoms with E-state index < -0.39 is 0 Å².